The summed E-state index contributed by atoms with van der Waals surface area (Å²) in [4.78, 5) is 26.0. The first-order chi connectivity index (χ1) is 27.5. The van der Waals surface area contributed by atoms with E-state index in [0.29, 0.717) is 19.3 Å². The molecule has 0 heterocycles. The van der Waals surface area contributed by atoms with Gasteiger partial charge in [-0.25, -0.2) is 0 Å². The molecule has 0 aliphatic rings. The molecule has 56 heavy (non-hydrogen) atoms. The quantitative estimate of drug-likeness (QED) is 0.0327. The Labute approximate surface area is 345 Å². The van der Waals surface area contributed by atoms with Crippen molar-refractivity contribution in [2.45, 2.75) is 225 Å². The Hall–Kier alpha value is -2.70. The van der Waals surface area contributed by atoms with Gasteiger partial charge in [0.2, 0.25) is 5.91 Å². The minimum Gasteiger partial charge on any atom is -0.462 e. The van der Waals surface area contributed by atoms with E-state index in [2.05, 4.69) is 99.0 Å². The molecule has 0 bridgehead atoms. The number of carbonyl (C=O) groups excluding carboxylic acids is 2. The third kappa shape index (κ3) is 38.2. The summed E-state index contributed by atoms with van der Waals surface area (Å²) >= 11 is 0. The van der Waals surface area contributed by atoms with E-state index < -0.39 is 18.2 Å². The summed E-state index contributed by atoms with van der Waals surface area (Å²) < 4.78 is 5.88. The van der Waals surface area contributed by atoms with Crippen molar-refractivity contribution in [2.75, 3.05) is 6.61 Å². The normalized spacial score (nSPS) is 14.0. The van der Waals surface area contributed by atoms with Gasteiger partial charge in [0.05, 0.1) is 25.2 Å². The number of hydrogen-bond acceptors (Lipinski definition) is 5. The standard InChI is InChI=1S/C50H87NO5/c1-4-7-10-13-16-19-21-23-24-25-26-28-31-34-37-40-43-50(55)56-46(41-38-35-32-30-27-22-20-17-14-11-8-5-2)44-49(54)51-47(45-52)48(53)42-39-36-33-29-18-15-12-9-6-3/h7-8,10-11,16-17,19-20,23-24,27,30,46-48,52-53H,4-6,9,12-15,18,21-22,25-26,28-29,31-45H2,1-3H3,(H,51,54)/b10-7+,11-8+,19-16+,20-17+,24-23+,30-27+. The van der Waals surface area contributed by atoms with Crippen LogP contribution in [0.25, 0.3) is 0 Å². The third-order valence-corrected chi connectivity index (χ3v) is 10.0. The third-order valence-electron chi connectivity index (χ3n) is 10.0. The van der Waals surface area contributed by atoms with Crippen LogP contribution in [0.3, 0.4) is 0 Å². The van der Waals surface area contributed by atoms with Crippen molar-refractivity contribution in [3.8, 4) is 0 Å². The van der Waals surface area contributed by atoms with Gasteiger partial charge in [0.1, 0.15) is 6.10 Å². The molecule has 0 aliphatic heterocycles. The number of amides is 1. The zero-order valence-corrected chi connectivity index (χ0v) is 36.5. The lowest BCUT2D eigenvalue weighted by Crippen LogP contribution is -2.46. The molecule has 0 aromatic rings. The lowest BCUT2D eigenvalue weighted by Gasteiger charge is -2.24. The second-order valence-corrected chi connectivity index (χ2v) is 15.4. The van der Waals surface area contributed by atoms with E-state index in [4.69, 9.17) is 4.74 Å². The summed E-state index contributed by atoms with van der Waals surface area (Å²) in [6.45, 7) is 6.20. The van der Waals surface area contributed by atoms with Crippen LogP contribution in [0.1, 0.15) is 207 Å². The van der Waals surface area contributed by atoms with Crippen LogP contribution < -0.4 is 5.32 Å². The molecule has 3 N–H and O–H groups in total. The smallest absolute Gasteiger partial charge is 0.306 e. The number of aliphatic hydroxyl groups is 2. The van der Waals surface area contributed by atoms with Crippen LogP contribution in [0.4, 0.5) is 0 Å². The van der Waals surface area contributed by atoms with Crippen molar-refractivity contribution in [1.29, 1.82) is 0 Å². The predicted molar refractivity (Wildman–Crippen MR) is 241 cm³/mol. The lowest BCUT2D eigenvalue weighted by molar-refractivity contribution is -0.151. The van der Waals surface area contributed by atoms with E-state index in [0.717, 1.165) is 103 Å². The molecule has 322 valence electrons. The van der Waals surface area contributed by atoms with Crippen LogP contribution in [-0.4, -0.2) is 46.9 Å². The van der Waals surface area contributed by atoms with Crippen LogP contribution in [0.5, 0.6) is 0 Å². The van der Waals surface area contributed by atoms with E-state index in [1.807, 2.05) is 0 Å². The van der Waals surface area contributed by atoms with Gasteiger partial charge in [0, 0.05) is 6.42 Å². The number of esters is 1. The number of rotatable bonds is 40. The highest BCUT2D eigenvalue weighted by Gasteiger charge is 2.24. The zero-order valence-electron chi connectivity index (χ0n) is 36.5. The summed E-state index contributed by atoms with van der Waals surface area (Å²) in [5.74, 6) is -0.535. The van der Waals surface area contributed by atoms with Gasteiger partial charge < -0.3 is 20.3 Å². The van der Waals surface area contributed by atoms with Gasteiger partial charge in [-0.2, -0.15) is 0 Å². The Kier molecular flexibility index (Phi) is 41.3. The second-order valence-electron chi connectivity index (χ2n) is 15.4. The monoisotopic (exact) mass is 782 g/mol. The number of carbonyl (C=O) groups is 2. The summed E-state index contributed by atoms with van der Waals surface area (Å²) in [6, 6.07) is -0.717. The molecule has 0 spiro atoms. The number of nitrogens with one attached hydrogen (secondary N) is 1. The highest BCUT2D eigenvalue weighted by atomic mass is 16.5. The topological polar surface area (TPSA) is 95.9 Å². The number of aliphatic hydroxyl groups excluding tert-OH is 2. The summed E-state index contributed by atoms with van der Waals surface area (Å²) in [5.41, 5.74) is 0. The van der Waals surface area contributed by atoms with Crippen LogP contribution in [-0.2, 0) is 14.3 Å². The maximum atomic E-state index is 13.1. The number of ether oxygens (including phenoxy) is 1. The van der Waals surface area contributed by atoms with Crippen molar-refractivity contribution in [2.24, 2.45) is 0 Å². The molecule has 0 saturated carbocycles. The predicted octanol–water partition coefficient (Wildman–Crippen LogP) is 13.4. The summed E-state index contributed by atoms with van der Waals surface area (Å²) in [6.07, 6.45) is 53.9. The molecular weight excluding hydrogens is 695 g/mol. The molecule has 0 saturated heterocycles. The maximum Gasteiger partial charge on any atom is 0.306 e. The largest absolute Gasteiger partial charge is 0.462 e. The Balaban J connectivity index is 4.66. The Morgan fingerprint density at radius 1 is 0.536 bits per heavy atom. The molecule has 0 aromatic heterocycles. The van der Waals surface area contributed by atoms with Gasteiger partial charge in [0.15, 0.2) is 0 Å². The van der Waals surface area contributed by atoms with Gasteiger partial charge in [-0.3, -0.25) is 9.59 Å². The van der Waals surface area contributed by atoms with Crippen molar-refractivity contribution >= 4 is 11.9 Å². The molecule has 3 unspecified atom stereocenters. The Morgan fingerprint density at radius 2 is 0.964 bits per heavy atom. The number of unbranched alkanes of at least 4 members (excludes halogenated alkanes) is 16. The number of hydrogen-bond donors (Lipinski definition) is 3. The van der Waals surface area contributed by atoms with Crippen molar-refractivity contribution in [3.63, 3.8) is 0 Å². The average molecular weight is 782 g/mol. The van der Waals surface area contributed by atoms with E-state index >= 15 is 0 Å². The highest BCUT2D eigenvalue weighted by Crippen LogP contribution is 2.16. The molecule has 0 rings (SSSR count). The van der Waals surface area contributed by atoms with Crippen molar-refractivity contribution in [3.05, 3.63) is 72.9 Å². The van der Waals surface area contributed by atoms with E-state index in [1.165, 1.54) is 57.8 Å². The fraction of sp³-hybridized carbons (Fsp3) is 0.720. The first kappa shape index (κ1) is 53.3. The Bertz CT molecular complexity index is 1060. The molecule has 0 aromatic carbocycles. The molecule has 6 nitrogen and oxygen atoms in total. The van der Waals surface area contributed by atoms with E-state index in [1.54, 1.807) is 0 Å². The first-order valence-electron chi connectivity index (χ1n) is 23.2. The van der Waals surface area contributed by atoms with E-state index in [-0.39, 0.29) is 24.9 Å². The fourth-order valence-corrected chi connectivity index (χ4v) is 6.57. The minimum atomic E-state index is -0.800. The molecule has 0 radical (unpaired) electrons. The van der Waals surface area contributed by atoms with Crippen molar-refractivity contribution in [1.82, 2.24) is 5.32 Å². The number of allylic oxidation sites excluding steroid dienone is 12. The van der Waals surface area contributed by atoms with Gasteiger partial charge in [0.25, 0.3) is 0 Å². The van der Waals surface area contributed by atoms with Crippen LogP contribution >= 0.6 is 0 Å². The molecule has 0 fully saturated rings. The molecule has 6 heteroatoms. The van der Waals surface area contributed by atoms with E-state index in [9.17, 15) is 19.8 Å². The van der Waals surface area contributed by atoms with Crippen LogP contribution in [0.15, 0.2) is 72.9 Å². The maximum absolute atomic E-state index is 13.1. The first-order valence-corrected chi connectivity index (χ1v) is 23.2. The Morgan fingerprint density at radius 3 is 1.48 bits per heavy atom. The second kappa shape index (κ2) is 43.4. The molecule has 3 atom stereocenters. The van der Waals surface area contributed by atoms with Crippen LogP contribution in [0.2, 0.25) is 0 Å². The lowest BCUT2D eigenvalue weighted by atomic mass is 10.0. The molecule has 1 amide bonds. The zero-order chi connectivity index (χ0) is 41.0. The van der Waals surface area contributed by atoms with Gasteiger partial charge in [-0.1, -0.05) is 177 Å². The summed E-state index contributed by atoms with van der Waals surface area (Å²) in [5, 5.41) is 23.6. The SMILES string of the molecule is CC/C=C/C/C=C/C/C=C/CCCCCCCCC(=O)OC(CCCC/C=C/C/C=C/C/C=C/CC)CC(=O)NC(CO)C(O)CCCCCCCCCCC. The van der Waals surface area contributed by atoms with Crippen LogP contribution in [0, 0.1) is 0 Å². The minimum absolute atomic E-state index is 0.0428. The molecule has 0 aliphatic carbocycles. The van der Waals surface area contributed by atoms with Crippen molar-refractivity contribution < 1.29 is 24.5 Å². The fourth-order valence-electron chi connectivity index (χ4n) is 6.57. The van der Waals surface area contributed by atoms with Gasteiger partial charge >= 0.3 is 5.97 Å². The summed E-state index contributed by atoms with van der Waals surface area (Å²) in [7, 11) is 0. The van der Waals surface area contributed by atoms with Gasteiger partial charge in [-0.05, 0) is 89.9 Å². The highest BCUT2D eigenvalue weighted by molar-refractivity contribution is 5.77. The average Bonchev–Trinajstić information content (AvgIpc) is 3.19. The molecular formula is C50H87NO5. The van der Waals surface area contributed by atoms with Gasteiger partial charge in [-0.15, -0.1) is 0 Å².